The van der Waals surface area contributed by atoms with Crippen molar-refractivity contribution in [2.75, 3.05) is 11.4 Å². The minimum atomic E-state index is -0.148. The largest absolute Gasteiger partial charge is 0.351 e. The monoisotopic (exact) mass is 344 g/mol. The highest BCUT2D eigenvalue weighted by Crippen LogP contribution is 2.22. The van der Waals surface area contributed by atoms with Crippen LogP contribution in [-0.4, -0.2) is 24.4 Å². The zero-order valence-electron chi connectivity index (χ0n) is 14.4. The first-order valence-corrected chi connectivity index (χ1v) is 8.82. The molecule has 26 heavy (non-hydrogen) atoms. The Kier molecular flexibility index (Phi) is 4.40. The van der Waals surface area contributed by atoms with Gasteiger partial charge < -0.3 is 10.2 Å². The number of hydrogen-bond acceptors (Lipinski definition) is 2. The molecule has 1 aliphatic rings. The number of hydrogen-bond donors (Lipinski definition) is 1. The molecule has 3 aromatic rings. The van der Waals surface area contributed by atoms with E-state index >= 15 is 0 Å². The van der Waals surface area contributed by atoms with Crippen molar-refractivity contribution in [2.24, 2.45) is 0 Å². The molecule has 0 unspecified atom stereocenters. The van der Waals surface area contributed by atoms with Gasteiger partial charge in [-0.15, -0.1) is 0 Å². The van der Waals surface area contributed by atoms with Gasteiger partial charge in [0.15, 0.2) is 0 Å². The normalized spacial score (nSPS) is 16.8. The van der Waals surface area contributed by atoms with E-state index < -0.39 is 0 Å². The van der Waals surface area contributed by atoms with E-state index in [-0.39, 0.29) is 17.9 Å². The number of amides is 2. The summed E-state index contributed by atoms with van der Waals surface area (Å²) in [6.07, 6.45) is 0.660. The standard InChI is InChI=1S/C22H20N2O2/c25-21(13-17-9-6-8-16-7-4-5-12-20(16)17)23-18-14-22(26)24(15-18)19-10-2-1-3-11-19/h1-12,18H,13-15H2,(H,23,25)/t18-/m1/s1. The van der Waals surface area contributed by atoms with Crippen molar-refractivity contribution in [2.45, 2.75) is 18.9 Å². The second-order valence-electron chi connectivity index (χ2n) is 6.62. The smallest absolute Gasteiger partial charge is 0.229 e. The van der Waals surface area contributed by atoms with Crippen molar-refractivity contribution < 1.29 is 9.59 Å². The molecule has 0 spiro atoms. The molecule has 1 saturated heterocycles. The fraction of sp³-hybridized carbons (Fsp3) is 0.182. The van der Waals surface area contributed by atoms with Crippen LogP contribution >= 0.6 is 0 Å². The lowest BCUT2D eigenvalue weighted by atomic mass is 10.0. The van der Waals surface area contributed by atoms with Gasteiger partial charge in [0.1, 0.15) is 0 Å². The predicted molar refractivity (Wildman–Crippen MR) is 103 cm³/mol. The van der Waals surface area contributed by atoms with Gasteiger partial charge >= 0.3 is 0 Å². The van der Waals surface area contributed by atoms with Crippen LogP contribution < -0.4 is 10.2 Å². The van der Waals surface area contributed by atoms with Crippen LogP contribution in [0.4, 0.5) is 5.69 Å². The molecule has 4 heteroatoms. The SMILES string of the molecule is O=C(Cc1cccc2ccccc12)N[C@@H]1CC(=O)N(c2ccccc2)C1. The zero-order chi connectivity index (χ0) is 17.9. The fourth-order valence-corrected chi connectivity index (χ4v) is 3.56. The van der Waals surface area contributed by atoms with Crippen molar-refractivity contribution >= 4 is 28.3 Å². The number of carbonyl (C=O) groups excluding carboxylic acids is 2. The van der Waals surface area contributed by atoms with Gasteiger partial charge in [-0.05, 0) is 28.5 Å². The van der Waals surface area contributed by atoms with Gasteiger partial charge in [0, 0.05) is 18.7 Å². The molecule has 0 saturated carbocycles. The van der Waals surface area contributed by atoms with E-state index in [1.807, 2.05) is 72.8 Å². The van der Waals surface area contributed by atoms with Crippen LogP contribution in [0.2, 0.25) is 0 Å². The Balaban J connectivity index is 1.43. The quantitative estimate of drug-likeness (QED) is 0.789. The second-order valence-corrected chi connectivity index (χ2v) is 6.62. The maximum atomic E-state index is 12.5. The summed E-state index contributed by atoms with van der Waals surface area (Å²) in [6.45, 7) is 0.518. The summed E-state index contributed by atoms with van der Waals surface area (Å²) in [5.74, 6) is 0.000672. The number of benzene rings is 3. The summed E-state index contributed by atoms with van der Waals surface area (Å²) in [5.41, 5.74) is 1.88. The van der Waals surface area contributed by atoms with Gasteiger partial charge in [0.2, 0.25) is 11.8 Å². The third kappa shape index (κ3) is 3.31. The van der Waals surface area contributed by atoms with Crippen molar-refractivity contribution in [3.05, 3.63) is 78.4 Å². The number of anilines is 1. The minimum absolute atomic E-state index is 0.0472. The van der Waals surface area contributed by atoms with Crippen LogP contribution in [-0.2, 0) is 16.0 Å². The van der Waals surface area contributed by atoms with E-state index in [4.69, 9.17) is 0 Å². The molecule has 1 atom stereocenters. The van der Waals surface area contributed by atoms with E-state index in [1.165, 1.54) is 0 Å². The highest BCUT2D eigenvalue weighted by atomic mass is 16.2. The van der Waals surface area contributed by atoms with Crippen molar-refractivity contribution in [1.82, 2.24) is 5.32 Å². The first kappa shape index (κ1) is 16.3. The van der Waals surface area contributed by atoms with Crippen molar-refractivity contribution in [3.8, 4) is 0 Å². The lowest BCUT2D eigenvalue weighted by molar-refractivity contribution is -0.121. The Bertz CT molecular complexity index is 947. The Hall–Kier alpha value is -3.14. The Morgan fingerprint density at radius 3 is 2.54 bits per heavy atom. The lowest BCUT2D eigenvalue weighted by Gasteiger charge is -2.17. The van der Waals surface area contributed by atoms with E-state index in [2.05, 4.69) is 5.32 Å². The molecule has 0 aromatic heterocycles. The summed E-state index contributed by atoms with van der Waals surface area (Å²) in [5, 5.41) is 5.25. The number of carbonyl (C=O) groups is 2. The molecule has 3 aromatic carbocycles. The van der Waals surface area contributed by atoms with E-state index in [1.54, 1.807) is 4.90 Å². The molecular weight excluding hydrogens is 324 g/mol. The van der Waals surface area contributed by atoms with Gasteiger partial charge in [-0.1, -0.05) is 60.7 Å². The molecule has 2 amide bonds. The maximum absolute atomic E-state index is 12.5. The molecule has 1 N–H and O–H groups in total. The Morgan fingerprint density at radius 1 is 0.962 bits per heavy atom. The molecule has 0 bridgehead atoms. The van der Waals surface area contributed by atoms with Crippen LogP contribution in [0, 0.1) is 0 Å². The molecule has 4 rings (SSSR count). The molecule has 1 fully saturated rings. The number of rotatable bonds is 4. The predicted octanol–water partition coefficient (Wildman–Crippen LogP) is 3.30. The number of nitrogens with zero attached hydrogens (tertiary/aromatic N) is 1. The van der Waals surface area contributed by atoms with Crippen LogP contribution in [0.25, 0.3) is 10.8 Å². The van der Waals surface area contributed by atoms with Crippen LogP contribution in [0.3, 0.4) is 0 Å². The summed E-state index contributed by atoms with van der Waals surface area (Å²) in [4.78, 5) is 26.5. The average molecular weight is 344 g/mol. The van der Waals surface area contributed by atoms with Crippen molar-refractivity contribution in [1.29, 1.82) is 0 Å². The summed E-state index contributed by atoms with van der Waals surface area (Å²) in [6, 6.07) is 23.5. The maximum Gasteiger partial charge on any atom is 0.229 e. The fourth-order valence-electron chi connectivity index (χ4n) is 3.56. The molecular formula is C22H20N2O2. The molecule has 0 radical (unpaired) electrons. The molecule has 130 valence electrons. The molecule has 4 nitrogen and oxygen atoms in total. The first-order valence-electron chi connectivity index (χ1n) is 8.82. The van der Waals surface area contributed by atoms with Gasteiger partial charge in [0.25, 0.3) is 0 Å². The van der Waals surface area contributed by atoms with E-state index in [9.17, 15) is 9.59 Å². The molecule has 1 aliphatic heterocycles. The average Bonchev–Trinajstić information content (AvgIpc) is 3.03. The van der Waals surface area contributed by atoms with Crippen LogP contribution in [0.15, 0.2) is 72.8 Å². The highest BCUT2D eigenvalue weighted by Gasteiger charge is 2.31. The van der Waals surface area contributed by atoms with Crippen molar-refractivity contribution in [3.63, 3.8) is 0 Å². The Labute approximate surface area is 152 Å². The highest BCUT2D eigenvalue weighted by molar-refractivity contribution is 5.97. The molecule has 1 heterocycles. The van der Waals surface area contributed by atoms with Gasteiger partial charge in [-0.2, -0.15) is 0 Å². The molecule has 0 aliphatic carbocycles. The minimum Gasteiger partial charge on any atom is -0.351 e. The summed E-state index contributed by atoms with van der Waals surface area (Å²) < 4.78 is 0. The number of fused-ring (bicyclic) bond motifs is 1. The topological polar surface area (TPSA) is 49.4 Å². The lowest BCUT2D eigenvalue weighted by Crippen LogP contribution is -2.38. The van der Waals surface area contributed by atoms with Gasteiger partial charge in [-0.3, -0.25) is 9.59 Å². The number of nitrogens with one attached hydrogen (secondary N) is 1. The van der Waals surface area contributed by atoms with E-state index in [0.29, 0.717) is 19.4 Å². The number of para-hydroxylation sites is 1. The third-order valence-electron chi connectivity index (χ3n) is 4.79. The summed E-state index contributed by atoms with van der Waals surface area (Å²) in [7, 11) is 0. The second kappa shape index (κ2) is 7.00. The first-order chi connectivity index (χ1) is 12.7. The third-order valence-corrected chi connectivity index (χ3v) is 4.79. The Morgan fingerprint density at radius 2 is 1.69 bits per heavy atom. The van der Waals surface area contributed by atoms with Crippen LogP contribution in [0.5, 0.6) is 0 Å². The van der Waals surface area contributed by atoms with Gasteiger partial charge in [0.05, 0.1) is 12.5 Å². The zero-order valence-corrected chi connectivity index (χ0v) is 14.4. The van der Waals surface area contributed by atoms with E-state index in [0.717, 1.165) is 22.0 Å². The summed E-state index contributed by atoms with van der Waals surface area (Å²) >= 11 is 0. The van der Waals surface area contributed by atoms with Gasteiger partial charge in [-0.25, -0.2) is 0 Å². The van der Waals surface area contributed by atoms with Crippen LogP contribution in [0.1, 0.15) is 12.0 Å².